The third-order valence-corrected chi connectivity index (χ3v) is 6.33. The lowest BCUT2D eigenvalue weighted by Crippen LogP contribution is -2.23. The van der Waals surface area contributed by atoms with Crippen molar-refractivity contribution in [3.05, 3.63) is 67.9 Å². The zero-order valence-corrected chi connectivity index (χ0v) is 19.6. The van der Waals surface area contributed by atoms with E-state index in [1.165, 1.54) is 28.7 Å². The van der Waals surface area contributed by atoms with E-state index in [0.717, 1.165) is 18.4 Å². The maximum absolute atomic E-state index is 12.9. The van der Waals surface area contributed by atoms with Crippen LogP contribution in [0.1, 0.15) is 38.2 Å². The van der Waals surface area contributed by atoms with Crippen LogP contribution in [0.4, 0.5) is 0 Å². The number of fused-ring (bicyclic) bond motifs is 1. The molecule has 32 heavy (non-hydrogen) atoms. The quantitative estimate of drug-likeness (QED) is 0.323. The Morgan fingerprint density at radius 2 is 1.97 bits per heavy atom. The van der Waals surface area contributed by atoms with Crippen molar-refractivity contribution in [1.29, 1.82) is 0 Å². The molecule has 0 saturated carbocycles. The SMILES string of the molecule is CCCCCCOc1ccc(C=c2sc3nc(-c4ccccc4Cl)nn3c2=O)cc1OC. The minimum absolute atomic E-state index is 0.217. The highest BCUT2D eigenvalue weighted by molar-refractivity contribution is 7.15. The molecule has 8 heteroatoms. The third-order valence-electron chi connectivity index (χ3n) is 5.04. The highest BCUT2D eigenvalue weighted by atomic mass is 35.5. The van der Waals surface area contributed by atoms with Crippen molar-refractivity contribution in [3.63, 3.8) is 0 Å². The van der Waals surface area contributed by atoms with Crippen molar-refractivity contribution in [2.24, 2.45) is 0 Å². The average Bonchev–Trinajstić information content (AvgIpc) is 3.33. The summed E-state index contributed by atoms with van der Waals surface area (Å²) in [6.07, 6.45) is 6.39. The molecule has 0 amide bonds. The Morgan fingerprint density at radius 1 is 1.12 bits per heavy atom. The molecule has 0 atom stereocenters. The number of unbranched alkanes of at least 4 members (excludes halogenated alkanes) is 3. The number of rotatable bonds is 9. The van der Waals surface area contributed by atoms with E-state index in [-0.39, 0.29) is 5.56 Å². The Labute approximate surface area is 195 Å². The molecule has 0 aliphatic rings. The third kappa shape index (κ3) is 4.79. The van der Waals surface area contributed by atoms with Gasteiger partial charge in [0.2, 0.25) is 4.96 Å². The van der Waals surface area contributed by atoms with Gasteiger partial charge >= 0.3 is 0 Å². The Kier molecular flexibility index (Phi) is 7.07. The molecule has 2 heterocycles. The highest BCUT2D eigenvalue weighted by Gasteiger charge is 2.14. The van der Waals surface area contributed by atoms with Gasteiger partial charge in [-0.3, -0.25) is 4.79 Å². The molecule has 0 saturated heterocycles. The summed E-state index contributed by atoms with van der Waals surface area (Å²) < 4.78 is 13.2. The zero-order chi connectivity index (χ0) is 22.5. The summed E-state index contributed by atoms with van der Waals surface area (Å²) in [5.41, 5.74) is 1.32. The molecule has 0 spiro atoms. The van der Waals surface area contributed by atoms with Gasteiger partial charge in [-0.2, -0.15) is 9.50 Å². The highest BCUT2D eigenvalue weighted by Crippen LogP contribution is 2.29. The smallest absolute Gasteiger partial charge is 0.291 e. The summed E-state index contributed by atoms with van der Waals surface area (Å²) >= 11 is 7.52. The van der Waals surface area contributed by atoms with Crippen molar-refractivity contribution < 1.29 is 9.47 Å². The monoisotopic (exact) mass is 469 g/mol. The maximum Gasteiger partial charge on any atom is 0.291 e. The molecule has 4 rings (SSSR count). The molecule has 0 N–H and O–H groups in total. The fraction of sp³-hybridized carbons (Fsp3) is 0.292. The van der Waals surface area contributed by atoms with Crippen LogP contribution in [0, 0.1) is 0 Å². The second-order valence-electron chi connectivity index (χ2n) is 7.34. The van der Waals surface area contributed by atoms with Crippen LogP contribution in [0.2, 0.25) is 5.02 Å². The largest absolute Gasteiger partial charge is 0.493 e. The van der Waals surface area contributed by atoms with Gasteiger partial charge in [-0.25, -0.2) is 0 Å². The first-order valence-electron chi connectivity index (χ1n) is 10.6. The molecular weight excluding hydrogens is 446 g/mol. The first kappa shape index (κ1) is 22.3. The first-order chi connectivity index (χ1) is 15.6. The fourth-order valence-electron chi connectivity index (χ4n) is 3.35. The van der Waals surface area contributed by atoms with Gasteiger partial charge in [0.25, 0.3) is 5.56 Å². The van der Waals surface area contributed by atoms with Crippen molar-refractivity contribution in [2.75, 3.05) is 13.7 Å². The molecule has 0 aliphatic heterocycles. The lowest BCUT2D eigenvalue weighted by molar-refractivity contribution is 0.285. The number of aromatic nitrogens is 3. The fourth-order valence-corrected chi connectivity index (χ4v) is 4.47. The Bertz CT molecular complexity index is 1330. The summed E-state index contributed by atoms with van der Waals surface area (Å²) in [6.45, 7) is 2.84. The van der Waals surface area contributed by atoms with Crippen molar-refractivity contribution in [1.82, 2.24) is 14.6 Å². The van der Waals surface area contributed by atoms with E-state index in [1.54, 1.807) is 13.2 Å². The number of halogens is 1. The Morgan fingerprint density at radius 3 is 2.72 bits per heavy atom. The zero-order valence-electron chi connectivity index (χ0n) is 18.0. The molecule has 0 aliphatic carbocycles. The molecule has 0 bridgehead atoms. The number of methoxy groups -OCH3 is 1. The second-order valence-corrected chi connectivity index (χ2v) is 8.76. The van der Waals surface area contributed by atoms with E-state index >= 15 is 0 Å². The molecule has 4 aromatic rings. The van der Waals surface area contributed by atoms with Crippen LogP contribution in [0.25, 0.3) is 22.4 Å². The summed E-state index contributed by atoms with van der Waals surface area (Å²) in [7, 11) is 1.61. The Balaban J connectivity index is 1.58. The number of thiazole rings is 1. The van der Waals surface area contributed by atoms with Gasteiger partial charge in [0.1, 0.15) is 0 Å². The Hall–Kier alpha value is -2.90. The number of nitrogens with zero attached hydrogens (tertiary/aromatic N) is 3. The topological polar surface area (TPSA) is 65.7 Å². The van der Waals surface area contributed by atoms with E-state index < -0.39 is 0 Å². The minimum atomic E-state index is -0.217. The van der Waals surface area contributed by atoms with Crippen molar-refractivity contribution in [3.8, 4) is 22.9 Å². The lowest BCUT2D eigenvalue weighted by Gasteiger charge is -2.11. The summed E-state index contributed by atoms with van der Waals surface area (Å²) in [4.78, 5) is 17.9. The van der Waals surface area contributed by atoms with Crippen LogP contribution < -0.4 is 19.6 Å². The summed E-state index contributed by atoms with van der Waals surface area (Å²) in [5.74, 6) is 1.78. The van der Waals surface area contributed by atoms with Crippen LogP contribution in [0.15, 0.2) is 47.3 Å². The van der Waals surface area contributed by atoms with Crippen LogP contribution in [0.5, 0.6) is 11.5 Å². The van der Waals surface area contributed by atoms with Crippen LogP contribution in [0.3, 0.4) is 0 Å². The van der Waals surface area contributed by atoms with Gasteiger partial charge in [0.05, 0.1) is 23.3 Å². The molecule has 6 nitrogen and oxygen atoms in total. The van der Waals surface area contributed by atoms with E-state index in [4.69, 9.17) is 21.1 Å². The van der Waals surface area contributed by atoms with Gasteiger partial charge in [0, 0.05) is 5.56 Å². The standard InChI is InChI=1S/C24H24ClN3O3S/c1-3-4-5-8-13-31-19-12-11-16(14-20(19)30-2)15-21-23(29)28-24(32-21)26-22(27-28)17-9-6-7-10-18(17)25/h6-7,9-12,14-15H,3-5,8,13H2,1-2H3. The van der Waals surface area contributed by atoms with E-state index in [0.29, 0.717) is 44.0 Å². The van der Waals surface area contributed by atoms with Crippen LogP contribution in [-0.2, 0) is 0 Å². The van der Waals surface area contributed by atoms with E-state index in [9.17, 15) is 4.79 Å². The maximum atomic E-state index is 12.9. The van der Waals surface area contributed by atoms with Crippen molar-refractivity contribution >= 4 is 34.0 Å². The summed E-state index contributed by atoms with van der Waals surface area (Å²) in [6, 6.07) is 13.0. The molecular formula is C24H24ClN3O3S. The van der Waals surface area contributed by atoms with E-state index in [1.807, 2.05) is 42.5 Å². The second kappa shape index (κ2) is 10.1. The molecule has 166 valence electrons. The molecule has 0 unspecified atom stereocenters. The number of hydrogen-bond acceptors (Lipinski definition) is 6. The molecule has 2 aromatic carbocycles. The lowest BCUT2D eigenvalue weighted by atomic mass is 10.2. The first-order valence-corrected chi connectivity index (χ1v) is 11.8. The molecule has 2 aromatic heterocycles. The number of hydrogen-bond donors (Lipinski definition) is 0. The van der Waals surface area contributed by atoms with Crippen LogP contribution in [-0.4, -0.2) is 28.3 Å². The van der Waals surface area contributed by atoms with Crippen LogP contribution >= 0.6 is 22.9 Å². The predicted molar refractivity (Wildman–Crippen MR) is 129 cm³/mol. The summed E-state index contributed by atoms with van der Waals surface area (Å²) in [5, 5.41) is 4.91. The van der Waals surface area contributed by atoms with Gasteiger partial charge < -0.3 is 9.47 Å². The molecule has 0 fully saturated rings. The van der Waals surface area contributed by atoms with E-state index in [2.05, 4.69) is 17.0 Å². The van der Waals surface area contributed by atoms with Gasteiger partial charge in [-0.1, -0.05) is 67.3 Å². The number of ether oxygens (including phenoxy) is 2. The average molecular weight is 470 g/mol. The van der Waals surface area contributed by atoms with Gasteiger partial charge in [-0.05, 0) is 42.3 Å². The molecule has 0 radical (unpaired) electrons. The van der Waals surface area contributed by atoms with Gasteiger partial charge in [0.15, 0.2) is 17.3 Å². The number of benzene rings is 2. The van der Waals surface area contributed by atoms with Crippen molar-refractivity contribution in [2.45, 2.75) is 32.6 Å². The normalized spacial score (nSPS) is 11.9. The van der Waals surface area contributed by atoms with Gasteiger partial charge in [-0.15, -0.1) is 5.10 Å². The minimum Gasteiger partial charge on any atom is -0.493 e. The predicted octanol–water partition coefficient (Wildman–Crippen LogP) is 4.99.